The molecule has 0 bridgehead atoms. The Balaban J connectivity index is 1.86. The molecule has 2 aromatic rings. The van der Waals surface area contributed by atoms with E-state index in [1.807, 2.05) is 12.3 Å². The first-order valence-corrected chi connectivity index (χ1v) is 8.90. The van der Waals surface area contributed by atoms with Crippen LogP contribution in [0.5, 0.6) is 5.75 Å². The zero-order valence-corrected chi connectivity index (χ0v) is 15.1. The van der Waals surface area contributed by atoms with E-state index in [-0.39, 0.29) is 30.5 Å². The second-order valence-electron chi connectivity index (χ2n) is 5.39. The lowest BCUT2D eigenvalue weighted by atomic mass is 10.2. The summed E-state index contributed by atoms with van der Waals surface area (Å²) in [4.78, 5) is 25.8. The fourth-order valence-electron chi connectivity index (χ4n) is 2.34. The third-order valence-electron chi connectivity index (χ3n) is 3.73. The van der Waals surface area contributed by atoms with Gasteiger partial charge in [0.05, 0.1) is 7.11 Å². The van der Waals surface area contributed by atoms with Gasteiger partial charge in [0.15, 0.2) is 11.6 Å². The third kappa shape index (κ3) is 5.29. The summed E-state index contributed by atoms with van der Waals surface area (Å²) in [6.07, 6.45) is 0.197. The average Bonchev–Trinajstić information content (AvgIpc) is 3.14. The van der Waals surface area contributed by atoms with E-state index >= 15 is 0 Å². The Kier molecular flexibility index (Phi) is 6.94. The van der Waals surface area contributed by atoms with Crippen LogP contribution in [0.2, 0.25) is 0 Å². The van der Waals surface area contributed by atoms with Crippen molar-refractivity contribution in [3.05, 3.63) is 52.0 Å². The van der Waals surface area contributed by atoms with Crippen LogP contribution in [0.4, 0.5) is 4.39 Å². The summed E-state index contributed by atoms with van der Waals surface area (Å²) in [5, 5.41) is 6.31. The van der Waals surface area contributed by atoms with E-state index in [4.69, 9.17) is 4.74 Å². The Bertz CT molecular complexity index is 719. The topological polar surface area (TPSA) is 58.6 Å². The van der Waals surface area contributed by atoms with Crippen molar-refractivity contribution in [1.82, 2.24) is 10.2 Å². The molecule has 0 aliphatic rings. The molecule has 1 aromatic heterocycles. The van der Waals surface area contributed by atoms with Gasteiger partial charge >= 0.3 is 0 Å². The molecular weight excluding hydrogens is 343 g/mol. The third-order valence-corrected chi connectivity index (χ3v) is 4.42. The van der Waals surface area contributed by atoms with Crippen LogP contribution in [-0.2, 0) is 11.3 Å². The van der Waals surface area contributed by atoms with Crippen LogP contribution in [0, 0.1) is 5.82 Å². The standard InChI is InChI=1S/C18H21FN2O3S/c1-3-21(11-13-4-5-16(24-2)15(19)10-13)17(22)6-8-20-18(23)14-7-9-25-12-14/h4-5,7,9-10,12H,3,6,8,11H2,1-2H3,(H,20,23). The average molecular weight is 364 g/mol. The van der Waals surface area contributed by atoms with Crippen molar-refractivity contribution >= 4 is 23.2 Å². The zero-order valence-electron chi connectivity index (χ0n) is 14.3. The fraction of sp³-hybridized carbons (Fsp3) is 0.333. The molecule has 25 heavy (non-hydrogen) atoms. The summed E-state index contributed by atoms with van der Waals surface area (Å²) in [5.74, 6) is -0.556. The second-order valence-corrected chi connectivity index (χ2v) is 6.17. The van der Waals surface area contributed by atoms with Crippen molar-refractivity contribution in [2.45, 2.75) is 19.9 Å². The van der Waals surface area contributed by atoms with Crippen LogP contribution >= 0.6 is 11.3 Å². The SMILES string of the molecule is CCN(Cc1ccc(OC)c(F)c1)C(=O)CCNC(=O)c1ccsc1. The molecule has 1 aromatic carbocycles. The first-order chi connectivity index (χ1) is 12.0. The van der Waals surface area contributed by atoms with Gasteiger partial charge in [-0.25, -0.2) is 4.39 Å². The van der Waals surface area contributed by atoms with Crippen molar-refractivity contribution in [1.29, 1.82) is 0 Å². The molecule has 2 amide bonds. The van der Waals surface area contributed by atoms with Gasteiger partial charge in [-0.3, -0.25) is 9.59 Å². The molecule has 1 heterocycles. The van der Waals surface area contributed by atoms with Crippen LogP contribution in [-0.4, -0.2) is 36.9 Å². The maximum atomic E-state index is 13.8. The molecule has 0 aliphatic carbocycles. The molecule has 0 unspecified atom stereocenters. The lowest BCUT2D eigenvalue weighted by molar-refractivity contribution is -0.131. The van der Waals surface area contributed by atoms with E-state index in [0.717, 1.165) is 0 Å². The number of nitrogens with one attached hydrogen (secondary N) is 1. The molecule has 134 valence electrons. The van der Waals surface area contributed by atoms with Crippen LogP contribution in [0.15, 0.2) is 35.0 Å². The van der Waals surface area contributed by atoms with Gasteiger partial charge in [0.25, 0.3) is 5.91 Å². The Labute approximate surface area is 150 Å². The smallest absolute Gasteiger partial charge is 0.252 e. The van der Waals surface area contributed by atoms with E-state index in [9.17, 15) is 14.0 Å². The predicted octanol–water partition coefficient (Wildman–Crippen LogP) is 3.06. The molecular formula is C18H21FN2O3S. The first-order valence-electron chi connectivity index (χ1n) is 7.95. The number of benzene rings is 1. The molecule has 0 fully saturated rings. The zero-order chi connectivity index (χ0) is 18.2. The van der Waals surface area contributed by atoms with E-state index in [2.05, 4.69) is 5.32 Å². The second kappa shape index (κ2) is 9.17. The fourth-order valence-corrected chi connectivity index (χ4v) is 2.98. The van der Waals surface area contributed by atoms with Crippen LogP contribution in [0.25, 0.3) is 0 Å². The Morgan fingerprint density at radius 1 is 1.32 bits per heavy atom. The van der Waals surface area contributed by atoms with Gasteiger partial charge in [-0.15, -0.1) is 0 Å². The molecule has 0 saturated carbocycles. The summed E-state index contributed by atoms with van der Waals surface area (Å²) in [6.45, 7) is 2.95. The molecule has 0 saturated heterocycles. The number of ether oxygens (including phenoxy) is 1. The number of carbonyl (C=O) groups excluding carboxylic acids is 2. The number of thiophene rings is 1. The van der Waals surface area contributed by atoms with Gasteiger partial charge in [0.2, 0.25) is 5.91 Å². The van der Waals surface area contributed by atoms with E-state index < -0.39 is 5.82 Å². The summed E-state index contributed by atoms with van der Waals surface area (Å²) in [5.41, 5.74) is 1.29. The number of rotatable bonds is 8. The lowest BCUT2D eigenvalue weighted by Crippen LogP contribution is -2.34. The lowest BCUT2D eigenvalue weighted by Gasteiger charge is -2.21. The Morgan fingerprint density at radius 2 is 2.12 bits per heavy atom. The van der Waals surface area contributed by atoms with Gasteiger partial charge in [0, 0.05) is 37.0 Å². The highest BCUT2D eigenvalue weighted by Crippen LogP contribution is 2.18. The highest BCUT2D eigenvalue weighted by Gasteiger charge is 2.14. The normalized spacial score (nSPS) is 10.4. The largest absolute Gasteiger partial charge is 0.494 e. The first kappa shape index (κ1) is 18.9. The maximum Gasteiger partial charge on any atom is 0.252 e. The minimum absolute atomic E-state index is 0.0932. The minimum Gasteiger partial charge on any atom is -0.494 e. The number of amides is 2. The number of halogens is 1. The van der Waals surface area contributed by atoms with E-state index in [1.165, 1.54) is 24.5 Å². The number of nitrogens with zero attached hydrogens (tertiary/aromatic N) is 1. The van der Waals surface area contributed by atoms with Crippen molar-refractivity contribution in [2.24, 2.45) is 0 Å². The number of hydrogen-bond acceptors (Lipinski definition) is 4. The van der Waals surface area contributed by atoms with Crippen molar-refractivity contribution in [2.75, 3.05) is 20.2 Å². The van der Waals surface area contributed by atoms with Crippen LogP contribution in [0.3, 0.4) is 0 Å². The molecule has 2 rings (SSSR count). The number of methoxy groups -OCH3 is 1. The molecule has 0 aliphatic heterocycles. The van der Waals surface area contributed by atoms with Crippen molar-refractivity contribution in [3.63, 3.8) is 0 Å². The van der Waals surface area contributed by atoms with Gasteiger partial charge < -0.3 is 15.0 Å². The summed E-state index contributed by atoms with van der Waals surface area (Å²) in [6, 6.07) is 6.38. The van der Waals surface area contributed by atoms with Crippen LogP contribution in [0.1, 0.15) is 29.3 Å². The van der Waals surface area contributed by atoms with Gasteiger partial charge in [0.1, 0.15) is 0 Å². The molecule has 0 atom stereocenters. The number of carbonyl (C=O) groups is 2. The minimum atomic E-state index is -0.452. The maximum absolute atomic E-state index is 13.8. The predicted molar refractivity (Wildman–Crippen MR) is 95.3 cm³/mol. The van der Waals surface area contributed by atoms with Crippen molar-refractivity contribution in [3.8, 4) is 5.75 Å². The van der Waals surface area contributed by atoms with Crippen molar-refractivity contribution < 1.29 is 18.7 Å². The van der Waals surface area contributed by atoms with Gasteiger partial charge in [-0.05, 0) is 36.1 Å². The van der Waals surface area contributed by atoms with E-state index in [0.29, 0.717) is 24.2 Å². The summed E-state index contributed by atoms with van der Waals surface area (Å²) >= 11 is 1.45. The highest BCUT2D eigenvalue weighted by molar-refractivity contribution is 7.08. The molecule has 5 nitrogen and oxygen atoms in total. The molecule has 1 N–H and O–H groups in total. The monoisotopic (exact) mass is 364 g/mol. The highest BCUT2D eigenvalue weighted by atomic mass is 32.1. The summed E-state index contributed by atoms with van der Waals surface area (Å²) in [7, 11) is 1.41. The molecule has 7 heteroatoms. The van der Waals surface area contributed by atoms with E-state index in [1.54, 1.807) is 28.5 Å². The Hall–Kier alpha value is -2.41. The molecule has 0 radical (unpaired) electrons. The quantitative estimate of drug-likeness (QED) is 0.783. The Morgan fingerprint density at radius 3 is 2.72 bits per heavy atom. The van der Waals surface area contributed by atoms with Gasteiger partial charge in [-0.1, -0.05) is 6.07 Å². The van der Waals surface area contributed by atoms with Gasteiger partial charge in [-0.2, -0.15) is 11.3 Å². The summed E-state index contributed by atoms with van der Waals surface area (Å²) < 4.78 is 18.6. The van der Waals surface area contributed by atoms with Crippen LogP contribution < -0.4 is 10.1 Å². The molecule has 0 spiro atoms. The number of hydrogen-bond donors (Lipinski definition) is 1.